The summed E-state index contributed by atoms with van der Waals surface area (Å²) in [7, 11) is 0. The summed E-state index contributed by atoms with van der Waals surface area (Å²) < 4.78 is 0. The Balaban J connectivity index is 1.98. The van der Waals surface area contributed by atoms with Crippen LogP contribution in [0.1, 0.15) is 101 Å². The van der Waals surface area contributed by atoms with Crippen molar-refractivity contribution in [2.24, 2.45) is 23.7 Å². The molecule has 0 fully saturated rings. The Bertz CT molecular complexity index is 1200. The van der Waals surface area contributed by atoms with Gasteiger partial charge in [-0.3, -0.25) is 0 Å². The second-order valence-electron chi connectivity index (χ2n) is 13.1. The van der Waals surface area contributed by atoms with Gasteiger partial charge in [0.25, 0.3) is 0 Å². The fourth-order valence-corrected chi connectivity index (χ4v) is 7.24. The van der Waals surface area contributed by atoms with E-state index < -0.39 is 0 Å². The van der Waals surface area contributed by atoms with E-state index in [0.29, 0.717) is 48.0 Å². The highest BCUT2D eigenvalue weighted by atomic mass is 16.3. The van der Waals surface area contributed by atoms with E-state index in [1.165, 1.54) is 11.1 Å². The average molecular weight is 539 g/mol. The Labute approximate surface area is 243 Å². The summed E-state index contributed by atoms with van der Waals surface area (Å²) in [5.41, 5.74) is 8.36. The van der Waals surface area contributed by atoms with Crippen LogP contribution in [0, 0.1) is 23.7 Å². The quantitative estimate of drug-likeness (QED) is 0.312. The molecule has 0 aliphatic heterocycles. The second-order valence-corrected chi connectivity index (χ2v) is 13.1. The van der Waals surface area contributed by atoms with E-state index in [-0.39, 0.29) is 11.8 Å². The minimum atomic E-state index is 0.143. The zero-order valence-electron chi connectivity index (χ0n) is 25.6. The molecule has 4 rings (SSSR count). The molecule has 2 nitrogen and oxygen atoms in total. The number of aromatic hydroxyl groups is 2. The zero-order chi connectivity index (χ0) is 29.1. The van der Waals surface area contributed by atoms with Crippen molar-refractivity contribution in [3.63, 3.8) is 0 Å². The lowest BCUT2D eigenvalue weighted by molar-refractivity contribution is 0.309. The van der Waals surface area contributed by atoms with E-state index in [0.717, 1.165) is 59.1 Å². The second kappa shape index (κ2) is 12.7. The van der Waals surface area contributed by atoms with Gasteiger partial charge in [0, 0.05) is 34.1 Å². The van der Waals surface area contributed by atoms with Crippen molar-refractivity contribution in [1.82, 2.24) is 0 Å². The van der Waals surface area contributed by atoms with Crippen LogP contribution in [0.3, 0.4) is 0 Å². The number of benzene rings is 2. The molecule has 0 aromatic heterocycles. The fourth-order valence-electron chi connectivity index (χ4n) is 7.24. The van der Waals surface area contributed by atoms with Crippen LogP contribution in [-0.4, -0.2) is 10.2 Å². The van der Waals surface area contributed by atoms with E-state index in [9.17, 15) is 10.2 Å². The first-order chi connectivity index (χ1) is 19.0. The molecule has 4 atom stereocenters. The van der Waals surface area contributed by atoms with Gasteiger partial charge in [-0.05, 0) is 99.3 Å². The molecule has 0 spiro atoms. The standard InChI is InChI=1S/C38H50O2/c1-9-11-27-19-33(31-17-25(7)13-15-29(31)23(3)4)37(39)35(21-27)36-22-28(12-10-2)20-34(38(36)40)32-18-26(8)14-16-30(32)24(5)6/h9-10,17-24,29-32,39-40H,1-2,11-16H2,3-8H3/t29-,30-,31-,32-/m0/s1. The van der Waals surface area contributed by atoms with Gasteiger partial charge < -0.3 is 10.2 Å². The van der Waals surface area contributed by atoms with Crippen LogP contribution in [0.15, 0.2) is 72.9 Å². The van der Waals surface area contributed by atoms with Crippen LogP contribution in [0.2, 0.25) is 0 Å². The Morgan fingerprint density at radius 2 is 1.07 bits per heavy atom. The van der Waals surface area contributed by atoms with Gasteiger partial charge in [-0.2, -0.15) is 0 Å². The molecule has 0 radical (unpaired) electrons. The Kier molecular flexibility index (Phi) is 9.49. The van der Waals surface area contributed by atoms with Crippen LogP contribution >= 0.6 is 0 Å². The van der Waals surface area contributed by atoms with E-state index in [2.05, 4.69) is 91.1 Å². The molecule has 2 aliphatic rings. The Morgan fingerprint density at radius 3 is 1.40 bits per heavy atom. The van der Waals surface area contributed by atoms with Crippen LogP contribution in [0.25, 0.3) is 11.1 Å². The van der Waals surface area contributed by atoms with Gasteiger partial charge in [-0.25, -0.2) is 0 Å². The Hall–Kier alpha value is -3.00. The molecule has 2 aliphatic carbocycles. The summed E-state index contributed by atoms with van der Waals surface area (Å²) in [5, 5.41) is 24.0. The molecule has 2 heteroatoms. The molecule has 40 heavy (non-hydrogen) atoms. The van der Waals surface area contributed by atoms with Crippen molar-refractivity contribution in [1.29, 1.82) is 0 Å². The first-order valence-corrected chi connectivity index (χ1v) is 15.3. The molecule has 0 bridgehead atoms. The number of phenols is 2. The molecule has 0 amide bonds. The van der Waals surface area contributed by atoms with E-state index >= 15 is 0 Å². The third-order valence-electron chi connectivity index (χ3n) is 9.47. The topological polar surface area (TPSA) is 40.5 Å². The van der Waals surface area contributed by atoms with Crippen LogP contribution in [-0.2, 0) is 12.8 Å². The first kappa shape index (κ1) is 30.0. The third kappa shape index (κ3) is 6.17. The maximum absolute atomic E-state index is 12.0. The smallest absolute Gasteiger partial charge is 0.127 e. The maximum Gasteiger partial charge on any atom is 0.127 e. The molecule has 2 aromatic carbocycles. The summed E-state index contributed by atoms with van der Waals surface area (Å²) in [6.07, 6.45) is 14.5. The van der Waals surface area contributed by atoms with Gasteiger partial charge in [0.1, 0.15) is 11.5 Å². The summed E-state index contributed by atoms with van der Waals surface area (Å²) >= 11 is 0. The van der Waals surface area contributed by atoms with Gasteiger partial charge in [0.2, 0.25) is 0 Å². The SMILES string of the molecule is C=CCc1cc(-c2cc(CC=C)cc([C@H]3C=C(C)CC[C@H]3C(C)C)c2O)c(O)c([C@H]2C=C(C)CC[C@H]2C(C)C)c1. The van der Waals surface area contributed by atoms with Gasteiger partial charge in [-0.1, -0.05) is 75.3 Å². The largest absolute Gasteiger partial charge is 0.507 e. The number of rotatable bonds is 9. The summed E-state index contributed by atoms with van der Waals surface area (Å²) in [6.45, 7) is 21.6. The maximum atomic E-state index is 12.0. The van der Waals surface area contributed by atoms with Gasteiger partial charge >= 0.3 is 0 Å². The Morgan fingerprint density at radius 1 is 0.700 bits per heavy atom. The van der Waals surface area contributed by atoms with Crippen molar-refractivity contribution >= 4 is 0 Å². The van der Waals surface area contributed by atoms with Crippen molar-refractivity contribution in [3.8, 4) is 22.6 Å². The monoisotopic (exact) mass is 538 g/mol. The van der Waals surface area contributed by atoms with E-state index in [4.69, 9.17) is 0 Å². The fraction of sp³-hybridized carbons (Fsp3) is 0.474. The van der Waals surface area contributed by atoms with Crippen molar-refractivity contribution in [3.05, 3.63) is 95.1 Å². The van der Waals surface area contributed by atoms with Crippen LogP contribution in [0.5, 0.6) is 11.5 Å². The molecule has 0 saturated heterocycles. The highest BCUT2D eigenvalue weighted by Gasteiger charge is 2.33. The van der Waals surface area contributed by atoms with E-state index in [1.54, 1.807) is 0 Å². The molecule has 214 valence electrons. The predicted molar refractivity (Wildman–Crippen MR) is 171 cm³/mol. The lowest BCUT2D eigenvalue weighted by Gasteiger charge is -2.35. The number of hydrogen-bond donors (Lipinski definition) is 2. The zero-order valence-corrected chi connectivity index (χ0v) is 25.6. The van der Waals surface area contributed by atoms with Gasteiger partial charge in [0.05, 0.1) is 0 Å². The first-order valence-electron chi connectivity index (χ1n) is 15.3. The molecule has 2 aromatic rings. The lowest BCUT2D eigenvalue weighted by atomic mass is 9.70. The number of allylic oxidation sites excluding steroid dienone is 6. The summed E-state index contributed by atoms with van der Waals surface area (Å²) in [5.74, 6) is 2.80. The predicted octanol–water partition coefficient (Wildman–Crippen LogP) is 10.4. The summed E-state index contributed by atoms with van der Waals surface area (Å²) in [4.78, 5) is 0. The molecular formula is C38H50O2. The molecule has 2 N–H and O–H groups in total. The molecule has 0 heterocycles. The normalized spacial score (nSPS) is 23.2. The highest BCUT2D eigenvalue weighted by molar-refractivity contribution is 5.80. The van der Waals surface area contributed by atoms with Gasteiger partial charge in [-0.15, -0.1) is 13.2 Å². The third-order valence-corrected chi connectivity index (χ3v) is 9.47. The van der Waals surface area contributed by atoms with Crippen molar-refractivity contribution in [2.75, 3.05) is 0 Å². The molecule has 0 saturated carbocycles. The van der Waals surface area contributed by atoms with Crippen LogP contribution in [0.4, 0.5) is 0 Å². The number of hydrogen-bond acceptors (Lipinski definition) is 2. The highest BCUT2D eigenvalue weighted by Crippen LogP contribution is 2.50. The summed E-state index contributed by atoms with van der Waals surface area (Å²) in [6, 6.07) is 8.46. The van der Waals surface area contributed by atoms with Crippen molar-refractivity contribution < 1.29 is 10.2 Å². The number of phenolic OH excluding ortho intramolecular Hbond substituents is 2. The van der Waals surface area contributed by atoms with Gasteiger partial charge in [0.15, 0.2) is 0 Å². The van der Waals surface area contributed by atoms with Crippen molar-refractivity contribution in [2.45, 2.75) is 91.9 Å². The lowest BCUT2D eigenvalue weighted by Crippen LogP contribution is -2.21. The minimum absolute atomic E-state index is 0.143. The average Bonchev–Trinajstić information content (AvgIpc) is 2.90. The minimum Gasteiger partial charge on any atom is -0.507 e. The molecular weight excluding hydrogens is 488 g/mol. The van der Waals surface area contributed by atoms with Crippen LogP contribution < -0.4 is 0 Å². The van der Waals surface area contributed by atoms with E-state index in [1.807, 2.05) is 12.2 Å². The molecule has 0 unspecified atom stereocenters.